The number of anilines is 1. The van der Waals surface area contributed by atoms with Gasteiger partial charge in [-0.3, -0.25) is 19.8 Å². The lowest BCUT2D eigenvalue weighted by Crippen LogP contribution is -2.18. The van der Waals surface area contributed by atoms with Crippen LogP contribution in [-0.2, 0) is 6.54 Å². The van der Waals surface area contributed by atoms with Gasteiger partial charge >= 0.3 is 0 Å². The van der Waals surface area contributed by atoms with Gasteiger partial charge in [-0.2, -0.15) is 0 Å². The first-order chi connectivity index (χ1) is 16.2. The second-order valence-corrected chi connectivity index (χ2v) is 7.96. The Balaban J connectivity index is 1.76. The summed E-state index contributed by atoms with van der Waals surface area (Å²) in [6, 6.07) is 20.6. The van der Waals surface area contributed by atoms with Gasteiger partial charge in [-0.05, 0) is 48.9 Å². The third-order valence-corrected chi connectivity index (χ3v) is 5.55. The molecule has 3 aromatic carbocycles. The molecule has 0 bridgehead atoms. The number of benzene rings is 3. The van der Waals surface area contributed by atoms with Crippen LogP contribution in [0.2, 0.25) is 0 Å². The van der Waals surface area contributed by atoms with Crippen molar-refractivity contribution in [3.05, 3.63) is 101 Å². The predicted octanol–water partition coefficient (Wildman–Crippen LogP) is 3.53. The molecule has 1 aromatic heterocycles. The molecule has 34 heavy (non-hydrogen) atoms. The van der Waals surface area contributed by atoms with Crippen molar-refractivity contribution in [1.29, 1.82) is 5.41 Å². The van der Waals surface area contributed by atoms with Crippen molar-refractivity contribution in [2.75, 3.05) is 5.32 Å². The van der Waals surface area contributed by atoms with Crippen molar-refractivity contribution in [3.63, 3.8) is 0 Å². The van der Waals surface area contributed by atoms with E-state index in [0.29, 0.717) is 34.6 Å². The van der Waals surface area contributed by atoms with Crippen LogP contribution >= 0.6 is 0 Å². The Bertz CT molecular complexity index is 1450. The molecule has 4 rings (SSSR count). The van der Waals surface area contributed by atoms with E-state index in [1.54, 1.807) is 66.7 Å². The van der Waals surface area contributed by atoms with E-state index in [0.717, 1.165) is 16.5 Å². The molecule has 0 saturated carbocycles. The Morgan fingerprint density at radius 1 is 0.882 bits per heavy atom. The molecule has 8 heteroatoms. The van der Waals surface area contributed by atoms with Gasteiger partial charge in [-0.15, -0.1) is 0 Å². The summed E-state index contributed by atoms with van der Waals surface area (Å²) in [4.78, 5) is 36.4. The number of ketones is 1. The molecule has 0 aliphatic carbocycles. The average molecular weight is 454 g/mol. The van der Waals surface area contributed by atoms with Gasteiger partial charge < -0.3 is 21.4 Å². The summed E-state index contributed by atoms with van der Waals surface area (Å²) in [7, 11) is 0. The molecule has 0 fully saturated rings. The first kappa shape index (κ1) is 22.5. The number of hydrogen-bond donors (Lipinski definition) is 4. The highest BCUT2D eigenvalue weighted by Gasteiger charge is 2.18. The molecule has 0 atom stereocenters. The molecule has 0 saturated heterocycles. The summed E-state index contributed by atoms with van der Waals surface area (Å²) >= 11 is 0. The number of Topliss-reactive ketones (excluding diaryl/α,β-unsaturated/α-hetero) is 1. The molecule has 0 aliphatic rings. The smallest absolute Gasteiger partial charge is 0.272 e. The van der Waals surface area contributed by atoms with Crippen LogP contribution < -0.4 is 16.8 Å². The Morgan fingerprint density at radius 3 is 2.24 bits per heavy atom. The molecular weight excluding hydrogens is 430 g/mol. The van der Waals surface area contributed by atoms with Gasteiger partial charge in [0.15, 0.2) is 5.78 Å². The minimum atomic E-state index is -0.517. The lowest BCUT2D eigenvalue weighted by atomic mass is 10.1. The molecule has 1 heterocycles. The number of amides is 2. The van der Waals surface area contributed by atoms with Crippen molar-refractivity contribution in [1.82, 2.24) is 4.57 Å². The van der Waals surface area contributed by atoms with Gasteiger partial charge in [-0.25, -0.2) is 0 Å². The van der Waals surface area contributed by atoms with Crippen molar-refractivity contribution in [3.8, 4) is 0 Å². The first-order valence-electron chi connectivity index (χ1n) is 10.5. The lowest BCUT2D eigenvalue weighted by Gasteiger charge is -2.13. The lowest BCUT2D eigenvalue weighted by molar-refractivity contribution is 0.0995. The van der Waals surface area contributed by atoms with E-state index >= 15 is 0 Å². The fourth-order valence-electron chi connectivity index (χ4n) is 3.75. The van der Waals surface area contributed by atoms with Crippen LogP contribution in [0.5, 0.6) is 0 Å². The van der Waals surface area contributed by atoms with Gasteiger partial charge in [0, 0.05) is 39.8 Å². The monoisotopic (exact) mass is 453 g/mol. The number of fused-ring (bicyclic) bond motifs is 1. The Kier molecular flexibility index (Phi) is 5.97. The quantitative estimate of drug-likeness (QED) is 0.193. The Labute approximate surface area is 195 Å². The van der Waals surface area contributed by atoms with Crippen LogP contribution in [0.1, 0.15) is 49.3 Å². The highest BCUT2D eigenvalue weighted by molar-refractivity contribution is 6.08. The van der Waals surface area contributed by atoms with E-state index in [1.807, 2.05) is 10.6 Å². The zero-order chi connectivity index (χ0) is 24.4. The van der Waals surface area contributed by atoms with Crippen LogP contribution in [0.4, 0.5) is 5.69 Å². The molecule has 0 radical (unpaired) electrons. The molecule has 4 aromatic rings. The summed E-state index contributed by atoms with van der Waals surface area (Å²) in [5, 5.41) is 11.4. The zero-order valence-electron chi connectivity index (χ0n) is 18.5. The van der Waals surface area contributed by atoms with Crippen molar-refractivity contribution in [2.45, 2.75) is 13.5 Å². The van der Waals surface area contributed by atoms with Gasteiger partial charge in [0.2, 0.25) is 5.91 Å². The number of nitrogens with zero attached hydrogens (tertiary/aromatic N) is 1. The Hall–Kier alpha value is -4.72. The highest BCUT2D eigenvalue weighted by Crippen LogP contribution is 2.24. The maximum absolute atomic E-state index is 13.3. The fourth-order valence-corrected chi connectivity index (χ4v) is 3.75. The topological polar surface area (TPSA) is 144 Å². The zero-order valence-corrected chi connectivity index (χ0v) is 18.5. The Morgan fingerprint density at radius 2 is 1.59 bits per heavy atom. The van der Waals surface area contributed by atoms with Crippen molar-refractivity contribution >= 4 is 40.0 Å². The van der Waals surface area contributed by atoms with E-state index in [-0.39, 0.29) is 17.5 Å². The number of nitrogens with one attached hydrogen (secondary N) is 2. The molecule has 6 N–H and O–H groups in total. The molecule has 0 aliphatic heterocycles. The number of aromatic nitrogens is 1. The van der Waals surface area contributed by atoms with Crippen LogP contribution in [-0.4, -0.2) is 28.0 Å². The molecule has 170 valence electrons. The highest BCUT2D eigenvalue weighted by atomic mass is 16.2. The molecule has 0 spiro atoms. The average Bonchev–Trinajstić information content (AvgIpc) is 3.17. The van der Waals surface area contributed by atoms with Crippen LogP contribution in [0.25, 0.3) is 10.9 Å². The molecular formula is C26H23N5O3. The minimum Gasteiger partial charge on any atom is -0.384 e. The largest absolute Gasteiger partial charge is 0.384 e. The third kappa shape index (κ3) is 4.56. The maximum atomic E-state index is 13.3. The predicted molar refractivity (Wildman–Crippen MR) is 131 cm³/mol. The molecule has 8 nitrogen and oxygen atoms in total. The van der Waals surface area contributed by atoms with E-state index in [2.05, 4.69) is 5.32 Å². The van der Waals surface area contributed by atoms with E-state index in [1.165, 1.54) is 6.92 Å². The number of carbonyl (C=O) groups excluding carboxylic acids is 3. The number of nitrogens with two attached hydrogens (primary N) is 2. The number of primary amides is 1. The number of hydrogen-bond acceptors (Lipinski definition) is 4. The fraction of sp³-hybridized carbons (Fsp3) is 0.0769. The SMILES string of the molecule is CC(=O)c1cccc(NC(=O)c2cc3ccc(C(=N)N)cc3n2Cc2ccc(C(N)=O)cc2)c1. The van der Waals surface area contributed by atoms with Gasteiger partial charge in [0.05, 0.1) is 0 Å². The van der Waals surface area contributed by atoms with E-state index < -0.39 is 5.91 Å². The second kappa shape index (κ2) is 9.03. The van der Waals surface area contributed by atoms with Crippen LogP contribution in [0.3, 0.4) is 0 Å². The van der Waals surface area contributed by atoms with Gasteiger partial charge in [0.1, 0.15) is 11.5 Å². The maximum Gasteiger partial charge on any atom is 0.272 e. The standard InChI is InChI=1S/C26H23N5O3/c1-15(32)18-3-2-4-21(11-18)30-26(34)23-12-19-9-10-20(24(27)28)13-22(19)31(23)14-16-5-7-17(8-6-16)25(29)33/h2-13H,14H2,1H3,(H3,27,28)(H2,29,33)(H,30,34). The van der Waals surface area contributed by atoms with Crippen molar-refractivity contribution < 1.29 is 14.4 Å². The number of rotatable bonds is 7. The second-order valence-electron chi connectivity index (χ2n) is 7.96. The normalized spacial score (nSPS) is 10.7. The summed E-state index contributed by atoms with van der Waals surface area (Å²) in [6.07, 6.45) is 0. The molecule has 2 amide bonds. The van der Waals surface area contributed by atoms with Crippen molar-refractivity contribution in [2.24, 2.45) is 11.5 Å². The van der Waals surface area contributed by atoms with Gasteiger partial charge in [0.25, 0.3) is 5.91 Å². The van der Waals surface area contributed by atoms with Gasteiger partial charge in [-0.1, -0.05) is 36.4 Å². The minimum absolute atomic E-state index is 0.0764. The van der Waals surface area contributed by atoms with E-state index in [4.69, 9.17) is 16.9 Å². The summed E-state index contributed by atoms with van der Waals surface area (Å²) < 4.78 is 1.82. The number of amidine groups is 1. The van der Waals surface area contributed by atoms with E-state index in [9.17, 15) is 14.4 Å². The number of nitrogen functional groups attached to an aromatic ring is 1. The molecule has 0 unspecified atom stereocenters. The first-order valence-corrected chi connectivity index (χ1v) is 10.5. The number of carbonyl (C=O) groups is 3. The van der Waals surface area contributed by atoms with Crippen LogP contribution in [0, 0.1) is 5.41 Å². The van der Waals surface area contributed by atoms with Crippen LogP contribution in [0.15, 0.2) is 72.8 Å². The summed E-state index contributed by atoms with van der Waals surface area (Å²) in [5.74, 6) is -1.04. The third-order valence-electron chi connectivity index (χ3n) is 5.55. The summed E-state index contributed by atoms with van der Waals surface area (Å²) in [5.41, 5.74) is 14.9. The summed E-state index contributed by atoms with van der Waals surface area (Å²) in [6.45, 7) is 1.80.